The van der Waals surface area contributed by atoms with Crippen molar-refractivity contribution in [1.82, 2.24) is 0 Å². The third-order valence-corrected chi connectivity index (χ3v) is 6.04. The van der Waals surface area contributed by atoms with Crippen LogP contribution in [0.3, 0.4) is 0 Å². The highest BCUT2D eigenvalue weighted by Gasteiger charge is 2.52. The van der Waals surface area contributed by atoms with Gasteiger partial charge < -0.3 is 14.4 Å². The van der Waals surface area contributed by atoms with Crippen LogP contribution >= 0.6 is 0 Å². The Kier molecular flexibility index (Phi) is 4.85. The number of aliphatic hydroxyl groups is 1. The van der Waals surface area contributed by atoms with E-state index in [0.717, 1.165) is 31.5 Å². The Morgan fingerprint density at radius 2 is 1.93 bits per heavy atom. The van der Waals surface area contributed by atoms with Crippen LogP contribution in [-0.2, 0) is 10.4 Å². The van der Waals surface area contributed by atoms with Crippen LogP contribution in [0.25, 0.3) is 0 Å². The van der Waals surface area contributed by atoms with Crippen molar-refractivity contribution < 1.29 is 24.0 Å². The summed E-state index contributed by atoms with van der Waals surface area (Å²) in [5.74, 6) is -0.167. The maximum Gasteiger partial charge on any atom is 0.268 e. The zero-order chi connectivity index (χ0) is 19.9. The minimum Gasteiger partial charge on any atom is -0.469 e. The second-order valence-electron chi connectivity index (χ2n) is 8.03. The number of ketones is 1. The number of anilines is 1. The van der Waals surface area contributed by atoms with E-state index in [0.29, 0.717) is 29.2 Å². The van der Waals surface area contributed by atoms with Gasteiger partial charge in [-0.1, -0.05) is 18.2 Å². The average molecular weight is 383 g/mol. The SMILES string of the molecule is Cc1coc(C)c1C(=O)C[C@]1(O)C(=O)N(C[NH+]2CCCCC2)c2ccccc21. The first-order chi connectivity index (χ1) is 13.4. The number of likely N-dealkylation sites (tertiary alicyclic amines) is 1. The van der Waals surface area contributed by atoms with Gasteiger partial charge in [0, 0.05) is 5.56 Å². The predicted octanol–water partition coefficient (Wildman–Crippen LogP) is 1.73. The summed E-state index contributed by atoms with van der Waals surface area (Å²) in [6.45, 7) is 6.09. The van der Waals surface area contributed by atoms with E-state index in [2.05, 4.69) is 0 Å². The van der Waals surface area contributed by atoms with Gasteiger partial charge in [0.05, 0.1) is 37.0 Å². The quantitative estimate of drug-likeness (QED) is 0.771. The highest BCUT2D eigenvalue weighted by Crippen LogP contribution is 2.42. The van der Waals surface area contributed by atoms with E-state index < -0.39 is 11.5 Å². The fourth-order valence-electron chi connectivity index (χ4n) is 4.58. The van der Waals surface area contributed by atoms with Gasteiger partial charge in [0.25, 0.3) is 5.91 Å². The van der Waals surface area contributed by atoms with E-state index in [1.165, 1.54) is 17.6 Å². The number of benzene rings is 1. The number of furan rings is 1. The molecule has 0 radical (unpaired) electrons. The lowest BCUT2D eigenvalue weighted by Crippen LogP contribution is -3.14. The molecule has 2 aliphatic rings. The van der Waals surface area contributed by atoms with Gasteiger partial charge in [-0.15, -0.1) is 0 Å². The van der Waals surface area contributed by atoms with Crippen LogP contribution in [-0.4, -0.2) is 36.6 Å². The number of fused-ring (bicyclic) bond motifs is 1. The standard InChI is InChI=1S/C22H26N2O4/c1-15-13-28-16(2)20(15)19(25)12-22(27)17-8-4-5-9-18(17)24(21(22)26)14-23-10-6-3-7-11-23/h4-5,8-9,13,27H,3,6-7,10-12,14H2,1-2H3/p+1/t22-/m1/s1. The van der Waals surface area contributed by atoms with E-state index >= 15 is 0 Å². The number of amides is 1. The molecule has 0 bridgehead atoms. The Bertz CT molecular complexity index is 894. The van der Waals surface area contributed by atoms with Crippen molar-refractivity contribution in [2.75, 3.05) is 24.7 Å². The number of quaternary nitrogens is 1. The van der Waals surface area contributed by atoms with Crippen LogP contribution in [0.1, 0.15) is 52.9 Å². The highest BCUT2D eigenvalue weighted by atomic mass is 16.3. The van der Waals surface area contributed by atoms with Crippen molar-refractivity contribution in [3.63, 3.8) is 0 Å². The molecule has 0 spiro atoms. The third-order valence-electron chi connectivity index (χ3n) is 6.04. The average Bonchev–Trinajstić information content (AvgIpc) is 3.13. The number of para-hydroxylation sites is 1. The molecule has 2 N–H and O–H groups in total. The Balaban J connectivity index is 1.65. The van der Waals surface area contributed by atoms with Crippen LogP contribution in [0.15, 0.2) is 34.9 Å². The molecular weight excluding hydrogens is 356 g/mol. The summed E-state index contributed by atoms with van der Waals surface area (Å²) in [5.41, 5.74) is 0.572. The lowest BCUT2D eigenvalue weighted by atomic mass is 9.87. The number of rotatable bonds is 5. The van der Waals surface area contributed by atoms with E-state index in [1.807, 2.05) is 12.1 Å². The van der Waals surface area contributed by atoms with E-state index in [1.54, 1.807) is 30.9 Å². The largest absolute Gasteiger partial charge is 0.469 e. The number of carbonyl (C=O) groups excluding carboxylic acids is 2. The Morgan fingerprint density at radius 1 is 1.21 bits per heavy atom. The molecule has 6 nitrogen and oxygen atoms in total. The van der Waals surface area contributed by atoms with Gasteiger partial charge in [-0.05, 0) is 44.7 Å². The molecule has 1 amide bonds. The van der Waals surface area contributed by atoms with Crippen LogP contribution in [0, 0.1) is 13.8 Å². The molecular formula is C22H27N2O4+. The number of aryl methyl sites for hydroxylation is 2. The first-order valence-electron chi connectivity index (χ1n) is 9.97. The van der Waals surface area contributed by atoms with Crippen molar-refractivity contribution >= 4 is 17.4 Å². The number of carbonyl (C=O) groups is 2. The van der Waals surface area contributed by atoms with Crippen molar-refractivity contribution in [3.05, 3.63) is 53.0 Å². The molecule has 0 unspecified atom stereocenters. The third kappa shape index (κ3) is 3.06. The monoisotopic (exact) mass is 383 g/mol. The summed E-state index contributed by atoms with van der Waals surface area (Å²) in [7, 11) is 0. The van der Waals surface area contributed by atoms with Gasteiger partial charge in [0.1, 0.15) is 5.76 Å². The first-order valence-corrected chi connectivity index (χ1v) is 9.97. The molecule has 0 aliphatic carbocycles. The number of hydrogen-bond acceptors (Lipinski definition) is 4. The topological polar surface area (TPSA) is 75.2 Å². The van der Waals surface area contributed by atoms with Crippen LogP contribution < -0.4 is 9.80 Å². The fraction of sp³-hybridized carbons (Fsp3) is 0.455. The molecule has 1 saturated heterocycles. The smallest absolute Gasteiger partial charge is 0.268 e. The van der Waals surface area contributed by atoms with Crippen molar-refractivity contribution in [3.8, 4) is 0 Å². The highest BCUT2D eigenvalue weighted by molar-refractivity contribution is 6.11. The zero-order valence-corrected chi connectivity index (χ0v) is 16.5. The van der Waals surface area contributed by atoms with E-state index in [9.17, 15) is 14.7 Å². The molecule has 1 atom stereocenters. The number of nitrogens with one attached hydrogen (secondary N) is 1. The minimum absolute atomic E-state index is 0.276. The molecule has 2 aromatic rings. The number of piperidine rings is 1. The summed E-state index contributed by atoms with van der Waals surface area (Å²) in [5, 5.41) is 11.4. The molecule has 3 heterocycles. The fourth-order valence-corrected chi connectivity index (χ4v) is 4.58. The second-order valence-corrected chi connectivity index (χ2v) is 8.03. The zero-order valence-electron chi connectivity index (χ0n) is 16.5. The Hall–Kier alpha value is -2.44. The van der Waals surface area contributed by atoms with Gasteiger partial charge in [-0.2, -0.15) is 0 Å². The number of Topliss-reactive ketones (excluding diaryl/α,β-unsaturated/α-hetero) is 1. The maximum atomic E-state index is 13.3. The molecule has 148 valence electrons. The minimum atomic E-state index is -1.83. The molecule has 1 fully saturated rings. The molecule has 0 saturated carbocycles. The Labute approximate surface area is 164 Å². The predicted molar refractivity (Wildman–Crippen MR) is 104 cm³/mol. The molecule has 1 aromatic carbocycles. The van der Waals surface area contributed by atoms with Crippen molar-refractivity contribution in [2.24, 2.45) is 0 Å². The van der Waals surface area contributed by atoms with Crippen molar-refractivity contribution in [2.45, 2.75) is 45.1 Å². The number of hydrogen-bond donors (Lipinski definition) is 2. The lowest BCUT2D eigenvalue weighted by molar-refractivity contribution is -0.903. The normalized spacial score (nSPS) is 22.5. The van der Waals surface area contributed by atoms with Gasteiger partial charge in [-0.3, -0.25) is 14.5 Å². The van der Waals surface area contributed by atoms with Gasteiger partial charge in [-0.25, -0.2) is 0 Å². The summed E-state index contributed by atoms with van der Waals surface area (Å²) in [4.78, 5) is 29.3. The summed E-state index contributed by atoms with van der Waals surface area (Å²) >= 11 is 0. The van der Waals surface area contributed by atoms with E-state index in [4.69, 9.17) is 4.42 Å². The molecule has 1 aromatic heterocycles. The second kappa shape index (κ2) is 7.18. The van der Waals surface area contributed by atoms with Crippen LogP contribution in [0.5, 0.6) is 0 Å². The van der Waals surface area contributed by atoms with Gasteiger partial charge in [0.2, 0.25) is 0 Å². The van der Waals surface area contributed by atoms with Crippen molar-refractivity contribution in [1.29, 1.82) is 0 Å². The number of nitrogens with zero attached hydrogens (tertiary/aromatic N) is 1. The van der Waals surface area contributed by atoms with Gasteiger partial charge in [0.15, 0.2) is 18.1 Å². The molecule has 4 rings (SSSR count). The summed E-state index contributed by atoms with van der Waals surface area (Å²) < 4.78 is 5.33. The lowest BCUT2D eigenvalue weighted by Gasteiger charge is -2.29. The van der Waals surface area contributed by atoms with Gasteiger partial charge >= 0.3 is 0 Å². The van der Waals surface area contributed by atoms with Crippen LogP contribution in [0.2, 0.25) is 0 Å². The van der Waals surface area contributed by atoms with E-state index in [-0.39, 0.29) is 12.2 Å². The Morgan fingerprint density at radius 3 is 2.61 bits per heavy atom. The molecule has 6 heteroatoms. The maximum absolute atomic E-state index is 13.3. The first kappa shape index (κ1) is 18.9. The summed E-state index contributed by atoms with van der Waals surface area (Å²) in [6.07, 6.45) is 4.79. The molecule has 2 aliphatic heterocycles. The molecule has 28 heavy (non-hydrogen) atoms. The van der Waals surface area contributed by atoms with Crippen LogP contribution in [0.4, 0.5) is 5.69 Å². The summed E-state index contributed by atoms with van der Waals surface area (Å²) in [6, 6.07) is 7.27.